The Labute approximate surface area is 104 Å². The standard InChI is InChI=1S/C14H23N3/c1-2-13-8-4-3-5-10-17(13)14-12(11-15)7-6-9-16-14/h6-7,9,13H,2-5,8,10-11,15H2,1H3. The Hall–Kier alpha value is -1.09. The molecule has 0 aromatic carbocycles. The van der Waals surface area contributed by atoms with Crippen LogP contribution >= 0.6 is 0 Å². The molecule has 1 atom stereocenters. The lowest BCUT2D eigenvalue weighted by atomic mass is 10.1. The second kappa shape index (κ2) is 6.01. The molecule has 0 bridgehead atoms. The summed E-state index contributed by atoms with van der Waals surface area (Å²) >= 11 is 0. The van der Waals surface area contributed by atoms with Crippen LogP contribution < -0.4 is 10.6 Å². The molecule has 3 heteroatoms. The van der Waals surface area contributed by atoms with E-state index in [2.05, 4.69) is 22.9 Å². The minimum atomic E-state index is 0.579. The molecule has 94 valence electrons. The Morgan fingerprint density at radius 2 is 2.29 bits per heavy atom. The summed E-state index contributed by atoms with van der Waals surface area (Å²) in [5.41, 5.74) is 6.99. The number of rotatable bonds is 3. The molecule has 0 spiro atoms. The van der Waals surface area contributed by atoms with Crippen molar-refractivity contribution in [2.45, 2.75) is 51.6 Å². The topological polar surface area (TPSA) is 42.2 Å². The fraction of sp³-hybridized carbons (Fsp3) is 0.643. The van der Waals surface area contributed by atoms with Gasteiger partial charge in [-0.1, -0.05) is 25.8 Å². The van der Waals surface area contributed by atoms with Gasteiger partial charge in [-0.25, -0.2) is 4.98 Å². The van der Waals surface area contributed by atoms with Gasteiger partial charge in [-0.05, 0) is 25.3 Å². The Balaban J connectivity index is 2.28. The van der Waals surface area contributed by atoms with Crippen LogP contribution in [-0.2, 0) is 6.54 Å². The molecule has 3 nitrogen and oxygen atoms in total. The predicted octanol–water partition coefficient (Wildman–Crippen LogP) is 2.70. The van der Waals surface area contributed by atoms with Crippen molar-refractivity contribution in [2.24, 2.45) is 5.73 Å². The minimum absolute atomic E-state index is 0.579. The van der Waals surface area contributed by atoms with E-state index in [1.54, 1.807) is 0 Å². The average molecular weight is 233 g/mol. The molecule has 1 fully saturated rings. The van der Waals surface area contributed by atoms with E-state index >= 15 is 0 Å². The fourth-order valence-electron chi connectivity index (χ4n) is 2.73. The number of nitrogens with two attached hydrogens (primary N) is 1. The summed E-state index contributed by atoms with van der Waals surface area (Å²) in [6, 6.07) is 4.71. The molecule has 17 heavy (non-hydrogen) atoms. The van der Waals surface area contributed by atoms with E-state index < -0.39 is 0 Å². The predicted molar refractivity (Wildman–Crippen MR) is 72.0 cm³/mol. The highest BCUT2D eigenvalue weighted by atomic mass is 15.2. The molecule has 1 saturated heterocycles. The Morgan fingerprint density at radius 3 is 3.06 bits per heavy atom. The van der Waals surface area contributed by atoms with E-state index in [9.17, 15) is 0 Å². The fourth-order valence-corrected chi connectivity index (χ4v) is 2.73. The number of pyridine rings is 1. The summed E-state index contributed by atoms with van der Waals surface area (Å²) in [6.45, 7) is 3.98. The van der Waals surface area contributed by atoms with Crippen molar-refractivity contribution in [3.8, 4) is 0 Å². The molecular formula is C14H23N3. The quantitative estimate of drug-likeness (QED) is 0.872. The second-order valence-electron chi connectivity index (χ2n) is 4.80. The monoisotopic (exact) mass is 233 g/mol. The van der Waals surface area contributed by atoms with Gasteiger partial charge in [-0.3, -0.25) is 0 Å². The van der Waals surface area contributed by atoms with Crippen LogP contribution in [0.5, 0.6) is 0 Å². The Kier molecular flexibility index (Phi) is 4.37. The third-order valence-electron chi connectivity index (χ3n) is 3.71. The zero-order chi connectivity index (χ0) is 12.1. The van der Waals surface area contributed by atoms with E-state index in [1.165, 1.54) is 37.7 Å². The molecule has 1 aromatic rings. The average Bonchev–Trinajstić information content (AvgIpc) is 2.63. The highest BCUT2D eigenvalue weighted by molar-refractivity contribution is 5.47. The zero-order valence-corrected chi connectivity index (χ0v) is 10.7. The summed E-state index contributed by atoms with van der Waals surface area (Å²) < 4.78 is 0. The lowest BCUT2D eigenvalue weighted by Crippen LogP contribution is -2.36. The summed E-state index contributed by atoms with van der Waals surface area (Å²) in [4.78, 5) is 7.04. The van der Waals surface area contributed by atoms with Gasteiger partial charge in [0.2, 0.25) is 0 Å². The first-order valence-electron chi connectivity index (χ1n) is 6.77. The van der Waals surface area contributed by atoms with Crippen LogP contribution in [0.1, 0.15) is 44.6 Å². The SMILES string of the molecule is CCC1CCCCCN1c1ncccc1CN. The van der Waals surface area contributed by atoms with Crippen molar-refractivity contribution in [3.05, 3.63) is 23.9 Å². The molecule has 2 heterocycles. The van der Waals surface area contributed by atoms with Crippen LogP contribution in [0.4, 0.5) is 5.82 Å². The number of anilines is 1. The van der Waals surface area contributed by atoms with Crippen molar-refractivity contribution in [3.63, 3.8) is 0 Å². The maximum atomic E-state index is 5.82. The van der Waals surface area contributed by atoms with E-state index in [-0.39, 0.29) is 0 Å². The molecule has 0 aliphatic carbocycles. The second-order valence-corrected chi connectivity index (χ2v) is 4.80. The molecule has 2 rings (SSSR count). The van der Waals surface area contributed by atoms with Crippen molar-refractivity contribution in [2.75, 3.05) is 11.4 Å². The van der Waals surface area contributed by atoms with Crippen LogP contribution in [0.25, 0.3) is 0 Å². The van der Waals surface area contributed by atoms with Gasteiger partial charge in [-0.15, -0.1) is 0 Å². The summed E-state index contributed by atoms with van der Waals surface area (Å²) in [5.74, 6) is 1.11. The van der Waals surface area contributed by atoms with Crippen molar-refractivity contribution >= 4 is 5.82 Å². The van der Waals surface area contributed by atoms with Crippen LogP contribution in [0.3, 0.4) is 0 Å². The van der Waals surface area contributed by atoms with Gasteiger partial charge in [0.1, 0.15) is 5.82 Å². The van der Waals surface area contributed by atoms with Gasteiger partial charge in [0, 0.05) is 30.9 Å². The van der Waals surface area contributed by atoms with Crippen LogP contribution in [0, 0.1) is 0 Å². The third-order valence-corrected chi connectivity index (χ3v) is 3.71. The molecular weight excluding hydrogens is 210 g/mol. The number of hydrogen-bond donors (Lipinski definition) is 1. The van der Waals surface area contributed by atoms with Crippen molar-refractivity contribution in [1.29, 1.82) is 0 Å². The van der Waals surface area contributed by atoms with Crippen LogP contribution in [0.2, 0.25) is 0 Å². The first kappa shape index (κ1) is 12.4. The highest BCUT2D eigenvalue weighted by Crippen LogP contribution is 2.26. The lowest BCUT2D eigenvalue weighted by Gasteiger charge is -2.31. The van der Waals surface area contributed by atoms with Gasteiger partial charge in [0.25, 0.3) is 0 Å². The normalized spacial score (nSPS) is 21.3. The highest BCUT2D eigenvalue weighted by Gasteiger charge is 2.22. The van der Waals surface area contributed by atoms with Gasteiger partial charge < -0.3 is 10.6 Å². The molecule has 1 aromatic heterocycles. The van der Waals surface area contributed by atoms with Crippen molar-refractivity contribution < 1.29 is 0 Å². The van der Waals surface area contributed by atoms with E-state index in [0.29, 0.717) is 12.6 Å². The number of hydrogen-bond acceptors (Lipinski definition) is 3. The smallest absolute Gasteiger partial charge is 0.133 e. The van der Waals surface area contributed by atoms with Crippen LogP contribution in [-0.4, -0.2) is 17.6 Å². The maximum absolute atomic E-state index is 5.82. The van der Waals surface area contributed by atoms with Crippen molar-refractivity contribution in [1.82, 2.24) is 4.98 Å². The summed E-state index contributed by atoms with van der Waals surface area (Å²) in [5, 5.41) is 0. The third kappa shape index (κ3) is 2.78. The number of nitrogens with zero attached hydrogens (tertiary/aromatic N) is 2. The first-order chi connectivity index (χ1) is 8.36. The lowest BCUT2D eigenvalue weighted by molar-refractivity contribution is 0.550. The van der Waals surface area contributed by atoms with E-state index in [0.717, 1.165) is 12.4 Å². The van der Waals surface area contributed by atoms with Gasteiger partial charge in [0.15, 0.2) is 0 Å². The summed E-state index contributed by atoms with van der Waals surface area (Å²) in [6.07, 6.45) is 8.33. The molecule has 1 aliphatic heterocycles. The number of aromatic nitrogens is 1. The maximum Gasteiger partial charge on any atom is 0.133 e. The van der Waals surface area contributed by atoms with Gasteiger partial charge in [-0.2, -0.15) is 0 Å². The Bertz CT molecular complexity index is 351. The zero-order valence-electron chi connectivity index (χ0n) is 10.7. The van der Waals surface area contributed by atoms with Gasteiger partial charge in [0.05, 0.1) is 0 Å². The molecule has 0 saturated carbocycles. The molecule has 0 amide bonds. The minimum Gasteiger partial charge on any atom is -0.353 e. The molecule has 0 radical (unpaired) electrons. The molecule has 1 unspecified atom stereocenters. The first-order valence-corrected chi connectivity index (χ1v) is 6.77. The Morgan fingerprint density at radius 1 is 1.41 bits per heavy atom. The summed E-state index contributed by atoms with van der Waals surface area (Å²) in [7, 11) is 0. The van der Waals surface area contributed by atoms with Crippen LogP contribution in [0.15, 0.2) is 18.3 Å². The van der Waals surface area contributed by atoms with Gasteiger partial charge >= 0.3 is 0 Å². The molecule has 1 aliphatic rings. The molecule has 2 N–H and O–H groups in total. The van der Waals surface area contributed by atoms with E-state index in [4.69, 9.17) is 5.73 Å². The van der Waals surface area contributed by atoms with E-state index in [1.807, 2.05) is 12.3 Å². The largest absolute Gasteiger partial charge is 0.353 e.